The van der Waals surface area contributed by atoms with Gasteiger partial charge < -0.3 is 14.5 Å². The average molecular weight is 297 g/mol. The van der Waals surface area contributed by atoms with Gasteiger partial charge in [-0.15, -0.1) is 0 Å². The van der Waals surface area contributed by atoms with E-state index in [9.17, 15) is 4.79 Å². The summed E-state index contributed by atoms with van der Waals surface area (Å²) in [6.07, 6.45) is 2.55. The zero-order valence-corrected chi connectivity index (χ0v) is 12.6. The van der Waals surface area contributed by atoms with Gasteiger partial charge in [0.05, 0.1) is 0 Å². The molecule has 1 fully saturated rings. The molecule has 1 aliphatic heterocycles. The average Bonchev–Trinajstić information content (AvgIpc) is 2.97. The lowest BCUT2D eigenvalue weighted by Gasteiger charge is -2.21. The third kappa shape index (κ3) is 4.69. The maximum atomic E-state index is 11.9. The lowest BCUT2D eigenvalue weighted by atomic mass is 10.3. The van der Waals surface area contributed by atoms with Crippen molar-refractivity contribution in [2.24, 2.45) is 0 Å². The molecular formula is C15H21ClN2O2. The predicted molar refractivity (Wildman–Crippen MR) is 80.3 cm³/mol. The molecule has 1 saturated heterocycles. The van der Waals surface area contributed by atoms with Gasteiger partial charge in [-0.05, 0) is 50.2 Å². The van der Waals surface area contributed by atoms with Crippen LogP contribution in [0.2, 0.25) is 5.02 Å². The van der Waals surface area contributed by atoms with E-state index in [4.69, 9.17) is 16.3 Å². The van der Waals surface area contributed by atoms with E-state index in [0.717, 1.165) is 26.2 Å². The molecule has 2 rings (SSSR count). The van der Waals surface area contributed by atoms with E-state index in [-0.39, 0.29) is 12.5 Å². The molecule has 5 heteroatoms. The molecule has 0 atom stereocenters. The third-order valence-electron chi connectivity index (χ3n) is 3.55. The Morgan fingerprint density at radius 2 is 1.95 bits per heavy atom. The maximum absolute atomic E-state index is 11.9. The largest absolute Gasteiger partial charge is 0.484 e. The van der Waals surface area contributed by atoms with Crippen LogP contribution in [0.15, 0.2) is 24.3 Å². The molecule has 1 heterocycles. The molecule has 110 valence electrons. The van der Waals surface area contributed by atoms with Crippen LogP contribution >= 0.6 is 11.6 Å². The Kier molecular flexibility index (Phi) is 5.68. The molecule has 0 spiro atoms. The minimum absolute atomic E-state index is 0.000790. The van der Waals surface area contributed by atoms with Crippen LogP contribution in [0.1, 0.15) is 12.8 Å². The first-order chi connectivity index (χ1) is 9.65. The molecule has 4 nitrogen and oxygen atoms in total. The molecule has 1 aromatic carbocycles. The highest BCUT2D eigenvalue weighted by Crippen LogP contribution is 2.15. The van der Waals surface area contributed by atoms with E-state index in [1.165, 1.54) is 12.8 Å². The van der Waals surface area contributed by atoms with Crippen molar-refractivity contribution in [3.05, 3.63) is 29.3 Å². The van der Waals surface area contributed by atoms with Gasteiger partial charge in [-0.3, -0.25) is 4.79 Å². The van der Waals surface area contributed by atoms with Gasteiger partial charge in [0.25, 0.3) is 5.91 Å². The van der Waals surface area contributed by atoms with Gasteiger partial charge >= 0.3 is 0 Å². The van der Waals surface area contributed by atoms with Gasteiger partial charge in [0.15, 0.2) is 6.61 Å². The van der Waals surface area contributed by atoms with Gasteiger partial charge in [-0.1, -0.05) is 11.6 Å². The number of rotatable bonds is 6. The molecule has 1 aromatic rings. The minimum Gasteiger partial charge on any atom is -0.484 e. The van der Waals surface area contributed by atoms with Crippen LogP contribution in [0.3, 0.4) is 0 Å². The first-order valence-electron chi connectivity index (χ1n) is 7.00. The summed E-state index contributed by atoms with van der Waals surface area (Å²) in [5.74, 6) is 0.662. The molecule has 0 saturated carbocycles. The van der Waals surface area contributed by atoms with Gasteiger partial charge in [0.1, 0.15) is 5.75 Å². The van der Waals surface area contributed by atoms with Crippen molar-refractivity contribution in [2.45, 2.75) is 12.8 Å². The van der Waals surface area contributed by atoms with E-state index in [1.807, 2.05) is 7.05 Å². The summed E-state index contributed by atoms with van der Waals surface area (Å²) in [6.45, 7) is 4.08. The first-order valence-corrected chi connectivity index (χ1v) is 7.37. The van der Waals surface area contributed by atoms with Crippen molar-refractivity contribution in [1.82, 2.24) is 9.80 Å². The van der Waals surface area contributed by atoms with Gasteiger partial charge in [0.2, 0.25) is 0 Å². The standard InChI is InChI=1S/C15H21ClN2O2/c1-17(10-11-18-8-2-3-9-18)15(19)12-20-14-6-4-13(16)5-7-14/h4-7H,2-3,8-12H2,1H3. The Bertz CT molecular complexity index is 430. The predicted octanol–water partition coefficient (Wildman–Crippen LogP) is 2.27. The SMILES string of the molecule is CN(CCN1CCCC1)C(=O)COc1ccc(Cl)cc1. The van der Waals surface area contributed by atoms with Crippen molar-refractivity contribution >= 4 is 17.5 Å². The van der Waals surface area contributed by atoms with E-state index >= 15 is 0 Å². The number of likely N-dealkylation sites (N-methyl/N-ethyl adjacent to an activating group) is 1. The number of nitrogens with zero attached hydrogens (tertiary/aromatic N) is 2. The van der Waals surface area contributed by atoms with Crippen LogP contribution < -0.4 is 4.74 Å². The van der Waals surface area contributed by atoms with Crippen molar-refractivity contribution in [3.63, 3.8) is 0 Å². The fourth-order valence-electron chi connectivity index (χ4n) is 2.21. The minimum atomic E-state index is -0.000790. The molecule has 0 aromatic heterocycles. The number of benzene rings is 1. The fourth-order valence-corrected chi connectivity index (χ4v) is 2.33. The third-order valence-corrected chi connectivity index (χ3v) is 3.80. The number of likely N-dealkylation sites (tertiary alicyclic amines) is 1. The second kappa shape index (κ2) is 7.50. The quantitative estimate of drug-likeness (QED) is 0.807. The number of hydrogen-bond acceptors (Lipinski definition) is 3. The number of carbonyl (C=O) groups is 1. The van der Waals surface area contributed by atoms with E-state index in [0.29, 0.717) is 10.8 Å². The van der Waals surface area contributed by atoms with Crippen LogP contribution in [0.25, 0.3) is 0 Å². The van der Waals surface area contributed by atoms with E-state index in [1.54, 1.807) is 29.2 Å². The molecule has 0 radical (unpaired) electrons. The summed E-state index contributed by atoms with van der Waals surface area (Å²) in [4.78, 5) is 16.1. The smallest absolute Gasteiger partial charge is 0.260 e. The normalized spacial score (nSPS) is 15.3. The molecule has 1 aliphatic rings. The van der Waals surface area contributed by atoms with Crippen molar-refractivity contribution in [1.29, 1.82) is 0 Å². The molecular weight excluding hydrogens is 276 g/mol. The summed E-state index contributed by atoms with van der Waals surface area (Å²) in [7, 11) is 1.82. The van der Waals surface area contributed by atoms with Crippen molar-refractivity contribution in [3.8, 4) is 5.75 Å². The Morgan fingerprint density at radius 1 is 1.30 bits per heavy atom. The fraction of sp³-hybridized carbons (Fsp3) is 0.533. The Balaban J connectivity index is 1.69. The van der Waals surface area contributed by atoms with E-state index in [2.05, 4.69) is 4.90 Å². The number of hydrogen-bond donors (Lipinski definition) is 0. The topological polar surface area (TPSA) is 32.8 Å². The molecule has 0 aliphatic carbocycles. The molecule has 0 N–H and O–H groups in total. The molecule has 20 heavy (non-hydrogen) atoms. The van der Waals surface area contributed by atoms with Crippen LogP contribution in [0, 0.1) is 0 Å². The summed E-state index contributed by atoms with van der Waals surface area (Å²) < 4.78 is 5.45. The summed E-state index contributed by atoms with van der Waals surface area (Å²) in [6, 6.07) is 7.02. The molecule has 0 unspecified atom stereocenters. The summed E-state index contributed by atoms with van der Waals surface area (Å²) in [5.41, 5.74) is 0. The highest BCUT2D eigenvalue weighted by molar-refractivity contribution is 6.30. The lowest BCUT2D eigenvalue weighted by molar-refractivity contribution is -0.132. The highest BCUT2D eigenvalue weighted by Gasteiger charge is 2.14. The maximum Gasteiger partial charge on any atom is 0.260 e. The van der Waals surface area contributed by atoms with Crippen LogP contribution in [0.5, 0.6) is 5.75 Å². The van der Waals surface area contributed by atoms with Crippen LogP contribution in [-0.4, -0.2) is 55.5 Å². The van der Waals surface area contributed by atoms with Gasteiger partial charge in [-0.2, -0.15) is 0 Å². The molecule has 1 amide bonds. The molecule has 0 bridgehead atoms. The zero-order chi connectivity index (χ0) is 14.4. The summed E-state index contributed by atoms with van der Waals surface area (Å²) >= 11 is 5.79. The number of halogens is 1. The van der Waals surface area contributed by atoms with Gasteiger partial charge in [0, 0.05) is 25.2 Å². The number of amides is 1. The second-order valence-electron chi connectivity index (χ2n) is 5.11. The second-order valence-corrected chi connectivity index (χ2v) is 5.54. The number of ether oxygens (including phenoxy) is 1. The first kappa shape index (κ1) is 15.1. The Morgan fingerprint density at radius 3 is 2.60 bits per heavy atom. The monoisotopic (exact) mass is 296 g/mol. The Labute approximate surface area is 125 Å². The lowest BCUT2D eigenvalue weighted by Crippen LogP contribution is -2.37. The van der Waals surface area contributed by atoms with Crippen molar-refractivity contribution in [2.75, 3.05) is 39.8 Å². The Hall–Kier alpha value is -1.26. The van der Waals surface area contributed by atoms with Crippen LogP contribution in [0.4, 0.5) is 0 Å². The highest BCUT2D eigenvalue weighted by atomic mass is 35.5. The van der Waals surface area contributed by atoms with Crippen molar-refractivity contribution < 1.29 is 9.53 Å². The number of carbonyl (C=O) groups excluding carboxylic acids is 1. The van der Waals surface area contributed by atoms with Gasteiger partial charge in [-0.25, -0.2) is 0 Å². The van der Waals surface area contributed by atoms with Crippen LogP contribution in [-0.2, 0) is 4.79 Å². The van der Waals surface area contributed by atoms with E-state index < -0.39 is 0 Å². The zero-order valence-electron chi connectivity index (χ0n) is 11.8. The summed E-state index contributed by atoms with van der Waals surface area (Å²) in [5, 5.41) is 0.659.